The molecule has 0 saturated carbocycles. The SMILES string of the molecule is CCOc1cc([C@@H]2NC(=O)NC(C)=C2C(=O)OC)ccc1OC[C@H](O)N/N=C\c1ccc(O[C@H](C)CC)c(OCC)c1. The van der Waals surface area contributed by atoms with Crippen molar-refractivity contribution in [3.05, 3.63) is 58.8 Å². The van der Waals surface area contributed by atoms with Gasteiger partial charge in [-0.1, -0.05) is 13.0 Å². The number of ether oxygens (including phenoxy) is 5. The van der Waals surface area contributed by atoms with Crippen molar-refractivity contribution in [1.82, 2.24) is 16.1 Å². The fourth-order valence-corrected chi connectivity index (χ4v) is 4.09. The summed E-state index contributed by atoms with van der Waals surface area (Å²) >= 11 is 0. The number of allylic oxidation sites excluding steroid dienone is 1. The Morgan fingerprint density at radius 3 is 2.40 bits per heavy atom. The van der Waals surface area contributed by atoms with Crippen molar-refractivity contribution in [2.45, 2.75) is 59.4 Å². The van der Waals surface area contributed by atoms with E-state index in [0.29, 0.717) is 47.5 Å². The predicted octanol–water partition coefficient (Wildman–Crippen LogP) is 3.78. The van der Waals surface area contributed by atoms with E-state index in [0.717, 1.165) is 12.0 Å². The van der Waals surface area contributed by atoms with Gasteiger partial charge in [0.05, 0.1) is 44.3 Å². The van der Waals surface area contributed by atoms with E-state index >= 15 is 0 Å². The molecule has 228 valence electrons. The number of aliphatic hydroxyl groups excluding tert-OH is 1. The number of hydrogen-bond donors (Lipinski definition) is 4. The minimum atomic E-state index is -1.13. The molecule has 1 heterocycles. The quantitative estimate of drug-likeness (QED) is 0.106. The van der Waals surface area contributed by atoms with Gasteiger partial charge in [-0.05, 0) is 75.6 Å². The summed E-state index contributed by atoms with van der Waals surface area (Å²) < 4.78 is 28.1. The number of hydrogen-bond acceptors (Lipinski definition) is 10. The molecule has 2 aromatic carbocycles. The fraction of sp³-hybridized carbons (Fsp3) is 0.433. The smallest absolute Gasteiger partial charge is 0.337 e. The highest BCUT2D eigenvalue weighted by Gasteiger charge is 2.32. The molecule has 0 unspecified atom stereocenters. The summed E-state index contributed by atoms with van der Waals surface area (Å²) in [5.74, 6) is 1.46. The van der Waals surface area contributed by atoms with E-state index in [1.54, 1.807) is 31.3 Å². The zero-order valence-corrected chi connectivity index (χ0v) is 24.9. The summed E-state index contributed by atoms with van der Waals surface area (Å²) in [6, 6.07) is 9.32. The number of carbonyl (C=O) groups excluding carboxylic acids is 2. The van der Waals surface area contributed by atoms with Gasteiger partial charge in [-0.15, -0.1) is 0 Å². The Balaban J connectivity index is 1.67. The van der Waals surface area contributed by atoms with Gasteiger partial charge in [-0.2, -0.15) is 5.10 Å². The van der Waals surface area contributed by atoms with Gasteiger partial charge in [0, 0.05) is 5.70 Å². The van der Waals surface area contributed by atoms with Gasteiger partial charge < -0.3 is 39.4 Å². The molecule has 0 bridgehead atoms. The maximum atomic E-state index is 12.4. The number of amides is 2. The molecular formula is C30H40N4O8. The van der Waals surface area contributed by atoms with E-state index in [1.165, 1.54) is 7.11 Å². The van der Waals surface area contributed by atoms with Gasteiger partial charge in [-0.3, -0.25) is 5.43 Å². The third-order valence-corrected chi connectivity index (χ3v) is 6.28. The van der Waals surface area contributed by atoms with E-state index in [-0.39, 0.29) is 18.3 Å². The molecule has 0 fully saturated rings. The zero-order valence-electron chi connectivity index (χ0n) is 24.9. The Labute approximate surface area is 246 Å². The van der Waals surface area contributed by atoms with Crippen LogP contribution < -0.4 is 35.0 Å². The van der Waals surface area contributed by atoms with Gasteiger partial charge in [0.15, 0.2) is 29.2 Å². The average molecular weight is 585 g/mol. The van der Waals surface area contributed by atoms with Crippen molar-refractivity contribution in [3.8, 4) is 23.0 Å². The number of nitrogens with zero attached hydrogens (tertiary/aromatic N) is 1. The maximum absolute atomic E-state index is 12.4. The van der Waals surface area contributed by atoms with Crippen LogP contribution in [0.4, 0.5) is 4.79 Å². The molecule has 0 aliphatic carbocycles. The number of methoxy groups -OCH3 is 1. The second-order valence-electron chi connectivity index (χ2n) is 9.39. The number of hydrazone groups is 1. The average Bonchev–Trinajstić information content (AvgIpc) is 2.97. The molecule has 3 atom stereocenters. The summed E-state index contributed by atoms with van der Waals surface area (Å²) in [7, 11) is 1.28. The van der Waals surface area contributed by atoms with Crippen LogP contribution in [0.1, 0.15) is 58.2 Å². The van der Waals surface area contributed by atoms with Gasteiger partial charge in [0.2, 0.25) is 0 Å². The maximum Gasteiger partial charge on any atom is 0.337 e. The third-order valence-electron chi connectivity index (χ3n) is 6.28. The first kappa shape index (κ1) is 32.1. The van der Waals surface area contributed by atoms with Crippen LogP contribution in [0.3, 0.4) is 0 Å². The largest absolute Gasteiger partial charge is 0.490 e. The van der Waals surface area contributed by atoms with Crippen LogP contribution in [0.2, 0.25) is 0 Å². The minimum absolute atomic E-state index is 0.0591. The van der Waals surface area contributed by atoms with Crippen molar-refractivity contribution < 1.29 is 38.4 Å². The highest BCUT2D eigenvalue weighted by atomic mass is 16.5. The third kappa shape index (κ3) is 8.53. The Morgan fingerprint density at radius 2 is 1.74 bits per heavy atom. The van der Waals surface area contributed by atoms with Crippen molar-refractivity contribution in [1.29, 1.82) is 0 Å². The van der Waals surface area contributed by atoms with Gasteiger partial charge in [0.1, 0.15) is 6.61 Å². The van der Waals surface area contributed by atoms with Crippen LogP contribution >= 0.6 is 0 Å². The molecule has 2 aromatic rings. The lowest BCUT2D eigenvalue weighted by atomic mass is 9.95. The molecule has 12 nitrogen and oxygen atoms in total. The Bertz CT molecular complexity index is 1300. The van der Waals surface area contributed by atoms with Crippen molar-refractivity contribution >= 4 is 18.2 Å². The topological polar surface area (TPSA) is 149 Å². The lowest BCUT2D eigenvalue weighted by Gasteiger charge is -2.28. The lowest BCUT2D eigenvalue weighted by molar-refractivity contribution is -0.136. The Hall–Kier alpha value is -4.45. The second kappa shape index (κ2) is 15.5. The molecule has 4 N–H and O–H groups in total. The summed E-state index contributed by atoms with van der Waals surface area (Å²) in [4.78, 5) is 24.6. The van der Waals surface area contributed by atoms with E-state index < -0.39 is 24.3 Å². The van der Waals surface area contributed by atoms with Crippen LogP contribution in [-0.4, -0.2) is 62.6 Å². The first-order valence-corrected chi connectivity index (χ1v) is 13.9. The first-order chi connectivity index (χ1) is 20.2. The number of urea groups is 1. The molecule has 0 spiro atoms. The van der Waals surface area contributed by atoms with Crippen LogP contribution in [0.5, 0.6) is 23.0 Å². The molecule has 0 aromatic heterocycles. The Kier molecular flexibility index (Phi) is 11.9. The summed E-state index contributed by atoms with van der Waals surface area (Å²) in [6.07, 6.45) is 1.36. The summed E-state index contributed by atoms with van der Waals surface area (Å²) in [5, 5.41) is 19.9. The van der Waals surface area contributed by atoms with Crippen molar-refractivity contribution in [3.63, 3.8) is 0 Å². The van der Waals surface area contributed by atoms with Crippen LogP contribution in [0.25, 0.3) is 0 Å². The van der Waals surface area contributed by atoms with Gasteiger partial charge >= 0.3 is 12.0 Å². The molecule has 2 amide bonds. The number of carbonyl (C=O) groups is 2. The Morgan fingerprint density at radius 1 is 1.05 bits per heavy atom. The van der Waals surface area contributed by atoms with E-state index in [4.69, 9.17) is 23.7 Å². The van der Waals surface area contributed by atoms with Crippen LogP contribution in [-0.2, 0) is 9.53 Å². The van der Waals surface area contributed by atoms with E-state index in [9.17, 15) is 14.7 Å². The summed E-state index contributed by atoms with van der Waals surface area (Å²) in [6.45, 7) is 10.1. The van der Waals surface area contributed by atoms with E-state index in [2.05, 4.69) is 28.1 Å². The normalized spacial score (nSPS) is 16.3. The molecule has 0 radical (unpaired) electrons. The minimum Gasteiger partial charge on any atom is -0.490 e. The molecule has 12 heteroatoms. The van der Waals surface area contributed by atoms with Crippen LogP contribution in [0, 0.1) is 0 Å². The second-order valence-corrected chi connectivity index (χ2v) is 9.39. The highest BCUT2D eigenvalue weighted by molar-refractivity contribution is 5.95. The van der Waals surface area contributed by atoms with Gasteiger partial charge in [0.25, 0.3) is 0 Å². The molecule has 42 heavy (non-hydrogen) atoms. The monoisotopic (exact) mass is 584 g/mol. The molecule has 1 aliphatic rings. The highest BCUT2D eigenvalue weighted by Crippen LogP contribution is 2.35. The van der Waals surface area contributed by atoms with Crippen molar-refractivity contribution in [2.24, 2.45) is 5.10 Å². The number of benzene rings is 2. The van der Waals surface area contributed by atoms with E-state index in [1.807, 2.05) is 39.0 Å². The number of esters is 1. The van der Waals surface area contributed by atoms with Crippen LogP contribution in [0.15, 0.2) is 52.8 Å². The standard InChI is InChI=1S/C30H40N4O8/c1-7-18(4)42-23-12-10-20(14-24(23)39-8-2)16-31-34-26(35)17-41-22-13-11-21(15-25(22)40-9-3)28-27(29(36)38-6)19(5)32-30(37)33-28/h10-16,18,26,28,34-35H,7-9,17H2,1-6H3,(H2,32,33,37)/b31-16-/t18-,26+,28+/m1/s1. The molecule has 0 saturated heterocycles. The number of rotatable bonds is 15. The molecule has 3 rings (SSSR count). The molecule has 1 aliphatic heterocycles. The predicted molar refractivity (Wildman–Crippen MR) is 157 cm³/mol. The number of nitrogens with one attached hydrogen (secondary N) is 3. The fourth-order valence-electron chi connectivity index (χ4n) is 4.09. The molecular weight excluding hydrogens is 544 g/mol. The zero-order chi connectivity index (χ0) is 30.6. The summed E-state index contributed by atoms with van der Waals surface area (Å²) in [5.41, 5.74) is 4.65. The van der Waals surface area contributed by atoms with Gasteiger partial charge in [-0.25, -0.2) is 9.59 Å². The van der Waals surface area contributed by atoms with Crippen molar-refractivity contribution in [2.75, 3.05) is 26.9 Å². The lowest BCUT2D eigenvalue weighted by Crippen LogP contribution is -2.45. The first-order valence-electron chi connectivity index (χ1n) is 13.9. The number of aliphatic hydroxyl groups is 1.